The monoisotopic (exact) mass is 542 g/mol. The lowest BCUT2D eigenvalue weighted by atomic mass is 9.89. The molecule has 2 aromatic carbocycles. The van der Waals surface area contributed by atoms with Crippen LogP contribution in [0.4, 0.5) is 5.69 Å². The Morgan fingerprint density at radius 1 is 0.902 bits per heavy atom. The summed E-state index contributed by atoms with van der Waals surface area (Å²) in [4.78, 5) is 43.2. The maximum absolute atomic E-state index is 13.1. The minimum Gasteiger partial charge on any atom is -0.503 e. The molecule has 4 rings (SSSR count). The summed E-state index contributed by atoms with van der Waals surface area (Å²) >= 11 is 0. The molecule has 2 amide bonds. The quantitative estimate of drug-likeness (QED) is 0.200. The summed E-state index contributed by atoms with van der Waals surface area (Å²) in [6.07, 6.45) is 8.40. The maximum atomic E-state index is 13.1. The lowest BCUT2D eigenvalue weighted by molar-refractivity contribution is -0.138. The number of benzene rings is 2. The van der Waals surface area contributed by atoms with Crippen molar-refractivity contribution in [2.45, 2.75) is 12.8 Å². The minimum absolute atomic E-state index is 0.00179. The van der Waals surface area contributed by atoms with Crippen LogP contribution < -0.4 is 5.56 Å². The van der Waals surface area contributed by atoms with Crippen LogP contribution in [0.1, 0.15) is 22.3 Å². The molecular formula is C33H26N4O4. The summed E-state index contributed by atoms with van der Waals surface area (Å²) in [5.41, 5.74) is 2.41. The number of imide groups is 1. The van der Waals surface area contributed by atoms with Gasteiger partial charge in [-0.2, -0.15) is 5.26 Å². The number of carbonyl (C=O) groups is 2. The molecule has 0 radical (unpaired) electrons. The summed E-state index contributed by atoms with van der Waals surface area (Å²) in [5.74, 6) is -1.56. The predicted octanol–water partition coefficient (Wildman–Crippen LogP) is 4.79. The number of aromatic nitrogens is 1. The van der Waals surface area contributed by atoms with E-state index in [-0.39, 0.29) is 35.2 Å². The van der Waals surface area contributed by atoms with Gasteiger partial charge in [-0.15, -0.1) is 0 Å². The van der Waals surface area contributed by atoms with Crippen LogP contribution in [0.5, 0.6) is 5.88 Å². The van der Waals surface area contributed by atoms with Gasteiger partial charge in [0.2, 0.25) is 5.69 Å². The van der Waals surface area contributed by atoms with Gasteiger partial charge in [-0.05, 0) is 41.2 Å². The number of aromatic hydroxyl groups is 1. The molecule has 1 aliphatic heterocycles. The molecule has 0 spiro atoms. The number of likely N-dealkylation sites (N-methyl/N-ethyl adjacent to an activating group) is 1. The Labute approximate surface area is 237 Å². The molecule has 0 bridgehead atoms. The van der Waals surface area contributed by atoms with E-state index >= 15 is 0 Å². The lowest BCUT2D eigenvalue weighted by Gasteiger charge is -2.25. The van der Waals surface area contributed by atoms with Crippen LogP contribution in [0.25, 0.3) is 10.9 Å². The highest BCUT2D eigenvalue weighted by Gasteiger charge is 2.34. The van der Waals surface area contributed by atoms with Crippen molar-refractivity contribution in [3.05, 3.63) is 146 Å². The van der Waals surface area contributed by atoms with Crippen molar-refractivity contribution in [3.63, 3.8) is 0 Å². The van der Waals surface area contributed by atoms with Crippen LogP contribution in [0.2, 0.25) is 0 Å². The van der Waals surface area contributed by atoms with Gasteiger partial charge in [0.05, 0.1) is 6.57 Å². The number of rotatable bonds is 7. The molecule has 0 atom stereocenters. The van der Waals surface area contributed by atoms with E-state index in [0.717, 1.165) is 20.6 Å². The van der Waals surface area contributed by atoms with E-state index < -0.39 is 23.3 Å². The zero-order valence-corrected chi connectivity index (χ0v) is 22.5. The summed E-state index contributed by atoms with van der Waals surface area (Å²) in [5, 5.41) is 20.2. The van der Waals surface area contributed by atoms with Crippen LogP contribution in [0.15, 0.2) is 106 Å². The van der Waals surface area contributed by atoms with Gasteiger partial charge in [0.15, 0.2) is 5.88 Å². The number of amides is 2. The molecule has 8 nitrogen and oxygen atoms in total. The Hall–Kier alpha value is -5.73. The largest absolute Gasteiger partial charge is 0.503 e. The van der Waals surface area contributed by atoms with Crippen LogP contribution in [-0.4, -0.2) is 33.4 Å². The Morgan fingerprint density at radius 3 is 2.10 bits per heavy atom. The average Bonchev–Trinajstić information content (AvgIpc) is 2.99. The Morgan fingerprint density at radius 2 is 1.51 bits per heavy atom. The van der Waals surface area contributed by atoms with Crippen molar-refractivity contribution in [2.75, 3.05) is 7.05 Å². The van der Waals surface area contributed by atoms with E-state index in [9.17, 15) is 24.8 Å². The first-order valence-corrected chi connectivity index (χ1v) is 12.7. The van der Waals surface area contributed by atoms with E-state index in [1.165, 1.54) is 20.2 Å². The van der Waals surface area contributed by atoms with Gasteiger partial charge < -0.3 is 5.11 Å². The molecular weight excluding hydrogens is 516 g/mol. The topological polar surface area (TPSA) is 108 Å². The molecule has 3 aromatic rings. The summed E-state index contributed by atoms with van der Waals surface area (Å²) in [6, 6.07) is 20.5. The second-order valence-corrected chi connectivity index (χ2v) is 9.32. The molecule has 41 heavy (non-hydrogen) atoms. The number of nitriles is 1. The first kappa shape index (κ1) is 28.3. The lowest BCUT2D eigenvalue weighted by Crippen LogP contribution is -2.40. The van der Waals surface area contributed by atoms with Gasteiger partial charge in [0.25, 0.3) is 17.4 Å². The van der Waals surface area contributed by atoms with E-state index in [2.05, 4.69) is 4.85 Å². The fourth-order valence-electron chi connectivity index (χ4n) is 4.57. The Bertz CT molecular complexity index is 1780. The van der Waals surface area contributed by atoms with Crippen LogP contribution in [-0.2, 0) is 29.5 Å². The number of nitrogens with zero attached hydrogens (tertiary/aromatic N) is 4. The zero-order valence-electron chi connectivity index (χ0n) is 22.5. The standard InChI is InChI=1S/C33H26N4O4/c1-35-29-27(20-23-15-9-5-10-16-23)25(31(39)37(3)33(29)41)18-12-6-11-17-24-26(19-22-13-7-4-8-14-22)28(21-34)32(40)36(2)30(24)38/h4-18,41H,19-20H2,2-3H3/b11-6+,18-12+,24-17-. The second-order valence-electron chi connectivity index (χ2n) is 9.32. The van der Waals surface area contributed by atoms with E-state index in [0.29, 0.717) is 11.1 Å². The van der Waals surface area contributed by atoms with Crippen molar-refractivity contribution in [1.29, 1.82) is 5.26 Å². The summed E-state index contributed by atoms with van der Waals surface area (Å²) < 4.78 is 1.03. The summed E-state index contributed by atoms with van der Waals surface area (Å²) in [6.45, 7) is 7.61. The normalized spacial score (nSPS) is 14.7. The predicted molar refractivity (Wildman–Crippen MR) is 156 cm³/mol. The van der Waals surface area contributed by atoms with Crippen molar-refractivity contribution in [1.82, 2.24) is 9.47 Å². The Balaban J connectivity index is 1.72. The number of carbonyl (C=O) groups excluding carboxylic acids is 2. The second kappa shape index (κ2) is 12.4. The van der Waals surface area contributed by atoms with Gasteiger partial charge in [0, 0.05) is 25.2 Å². The molecule has 2 heterocycles. The van der Waals surface area contributed by atoms with E-state index in [1.807, 2.05) is 66.7 Å². The van der Waals surface area contributed by atoms with Gasteiger partial charge in [0.1, 0.15) is 11.6 Å². The van der Waals surface area contributed by atoms with E-state index in [4.69, 9.17) is 6.57 Å². The van der Waals surface area contributed by atoms with Crippen molar-refractivity contribution in [2.24, 2.45) is 7.05 Å². The van der Waals surface area contributed by atoms with E-state index in [1.54, 1.807) is 24.3 Å². The van der Waals surface area contributed by atoms with Crippen molar-refractivity contribution in [3.8, 4) is 11.9 Å². The molecule has 0 saturated heterocycles. The molecule has 202 valence electrons. The zero-order chi connectivity index (χ0) is 29.5. The van der Waals surface area contributed by atoms with Crippen molar-refractivity contribution < 1.29 is 14.7 Å². The fourth-order valence-corrected chi connectivity index (χ4v) is 4.57. The number of hydrogen-bond acceptors (Lipinski definition) is 5. The van der Waals surface area contributed by atoms with Crippen LogP contribution in [0.3, 0.4) is 0 Å². The van der Waals surface area contributed by atoms with Crippen LogP contribution in [0, 0.1) is 17.9 Å². The highest BCUT2D eigenvalue weighted by molar-refractivity contribution is 6.18. The first-order chi connectivity index (χ1) is 19.8. The van der Waals surface area contributed by atoms with Gasteiger partial charge in [-0.25, -0.2) is 4.85 Å². The number of pyridine rings is 1. The average molecular weight is 543 g/mol. The van der Waals surface area contributed by atoms with Gasteiger partial charge in [-0.1, -0.05) is 85.0 Å². The molecule has 0 unspecified atom stereocenters. The third kappa shape index (κ3) is 5.83. The molecule has 1 aromatic heterocycles. The highest BCUT2D eigenvalue weighted by Crippen LogP contribution is 2.33. The highest BCUT2D eigenvalue weighted by atomic mass is 16.3. The fraction of sp³-hybridized carbons (Fsp3) is 0.121. The van der Waals surface area contributed by atoms with Gasteiger partial charge in [-0.3, -0.25) is 23.9 Å². The third-order valence-corrected chi connectivity index (χ3v) is 6.78. The molecule has 0 aliphatic carbocycles. The van der Waals surface area contributed by atoms with Crippen molar-refractivity contribution >= 4 is 23.6 Å². The first-order valence-electron chi connectivity index (χ1n) is 12.7. The molecule has 1 N–H and O–H groups in total. The number of hydrogen-bond donors (Lipinski definition) is 1. The summed E-state index contributed by atoms with van der Waals surface area (Å²) in [7, 11) is 2.73. The Kier molecular flexibility index (Phi) is 8.57. The number of allylic oxidation sites excluding steroid dienone is 4. The van der Waals surface area contributed by atoms with Gasteiger partial charge >= 0.3 is 0 Å². The SMILES string of the molecule is [C-]#[N+]c1c(Cc2ccccc2)c(/C=C/C=C/C=C2\C(=O)N(C)C(=O)C(C#N)=C2Cc2ccccc2)c(=O)n(C)c1O. The maximum Gasteiger partial charge on any atom is 0.271 e. The molecule has 8 heteroatoms. The molecule has 0 saturated carbocycles. The smallest absolute Gasteiger partial charge is 0.271 e. The molecule has 0 fully saturated rings. The molecule has 1 aliphatic rings. The minimum atomic E-state index is -0.644. The third-order valence-electron chi connectivity index (χ3n) is 6.78. The van der Waals surface area contributed by atoms with Crippen LogP contribution >= 0.6 is 0 Å².